The van der Waals surface area contributed by atoms with E-state index in [0.717, 1.165) is 36.5 Å². The summed E-state index contributed by atoms with van der Waals surface area (Å²) in [5.41, 5.74) is 0.205. The topological polar surface area (TPSA) is 94.6 Å². The first-order chi connectivity index (χ1) is 17.5. The normalized spacial score (nSPS) is 34.1. The first kappa shape index (κ1) is 26.4. The van der Waals surface area contributed by atoms with Crippen molar-refractivity contribution in [3.8, 4) is 5.75 Å². The van der Waals surface area contributed by atoms with Gasteiger partial charge in [-0.3, -0.25) is 0 Å². The van der Waals surface area contributed by atoms with Gasteiger partial charge in [0.2, 0.25) is 21.2 Å². The van der Waals surface area contributed by atoms with Crippen molar-refractivity contribution in [2.45, 2.75) is 84.0 Å². The standard InChI is InChI=1S/C30H41N3O3S/c1-19(2)20-9-12-24-21(17-20)10-14-27-29(3,15-6-16-30(24,27)4)18-32-37(35,36)26-8-5-7-23-22(26)11-13-25(33-31)28(23)34/h5,7-8,11,13,19-21,24,27,32H,6,9-10,12,14-18H2,1-4H3/p+1/t20?,21?,24-,27?,29-,30-/m1/s1. The van der Waals surface area contributed by atoms with E-state index in [-0.39, 0.29) is 27.2 Å². The summed E-state index contributed by atoms with van der Waals surface area (Å²) in [4.78, 5) is 3.23. The molecule has 0 radical (unpaired) electrons. The van der Waals surface area contributed by atoms with Gasteiger partial charge in [-0.15, -0.1) is 0 Å². The fraction of sp³-hybridized carbons (Fsp3) is 0.667. The summed E-state index contributed by atoms with van der Waals surface area (Å²) < 4.78 is 30.2. The van der Waals surface area contributed by atoms with Crippen LogP contribution >= 0.6 is 0 Å². The van der Waals surface area contributed by atoms with E-state index in [1.165, 1.54) is 44.6 Å². The third-order valence-corrected chi connectivity index (χ3v) is 12.2. The van der Waals surface area contributed by atoms with Gasteiger partial charge < -0.3 is 5.11 Å². The Hall–Kier alpha value is -2.17. The lowest BCUT2D eigenvalue weighted by molar-refractivity contribution is -0.120. The van der Waals surface area contributed by atoms with E-state index >= 15 is 0 Å². The summed E-state index contributed by atoms with van der Waals surface area (Å²) in [6.07, 6.45) is 9.94. The van der Waals surface area contributed by atoms with Crippen LogP contribution in [-0.4, -0.2) is 20.1 Å². The molecule has 0 aliphatic heterocycles. The molecule has 2 aromatic carbocycles. The van der Waals surface area contributed by atoms with E-state index in [2.05, 4.69) is 37.4 Å². The monoisotopic (exact) mass is 524 g/mol. The number of nitrogens with zero attached hydrogens (tertiary/aromatic N) is 2. The van der Waals surface area contributed by atoms with Crippen molar-refractivity contribution in [2.24, 2.45) is 40.4 Å². The van der Waals surface area contributed by atoms with Crippen molar-refractivity contribution in [3.05, 3.63) is 35.3 Å². The second-order valence-electron chi connectivity index (χ2n) is 13.0. The van der Waals surface area contributed by atoms with Crippen LogP contribution in [0.3, 0.4) is 0 Å². The van der Waals surface area contributed by atoms with Gasteiger partial charge in [-0.05, 0) is 97.5 Å². The Morgan fingerprint density at radius 2 is 1.86 bits per heavy atom. The number of rotatable bonds is 5. The quantitative estimate of drug-likeness (QED) is 0.394. The van der Waals surface area contributed by atoms with Gasteiger partial charge in [0, 0.05) is 23.4 Å². The van der Waals surface area contributed by atoms with Crippen molar-refractivity contribution in [3.63, 3.8) is 0 Å². The van der Waals surface area contributed by atoms with Crippen LogP contribution in [0.4, 0.5) is 5.69 Å². The highest BCUT2D eigenvalue weighted by molar-refractivity contribution is 7.89. The Bertz CT molecular complexity index is 1330. The van der Waals surface area contributed by atoms with Crippen LogP contribution in [0.1, 0.15) is 79.1 Å². The summed E-state index contributed by atoms with van der Waals surface area (Å²) in [6, 6.07) is 7.85. The zero-order valence-corrected chi connectivity index (χ0v) is 23.5. The largest absolute Gasteiger partial charge is 0.501 e. The number of hydrogen-bond donors (Lipinski definition) is 2. The maximum absolute atomic E-state index is 13.6. The first-order valence-electron chi connectivity index (χ1n) is 14.1. The second-order valence-corrected chi connectivity index (χ2v) is 14.8. The molecular weight excluding hydrogens is 482 g/mol. The Morgan fingerprint density at radius 3 is 2.59 bits per heavy atom. The number of phenolic OH excluding ortho intramolecular Hbond substituents is 1. The summed E-state index contributed by atoms with van der Waals surface area (Å²) in [6.45, 7) is 10.0. The van der Waals surface area contributed by atoms with E-state index in [4.69, 9.17) is 5.39 Å². The predicted octanol–water partition coefficient (Wildman–Crippen LogP) is 7.60. The Balaban J connectivity index is 1.38. The molecule has 2 aromatic rings. The lowest BCUT2D eigenvalue weighted by Crippen LogP contribution is -2.56. The molecule has 0 heterocycles. The number of fused-ring (bicyclic) bond motifs is 4. The molecular formula is C30H42N3O3S+. The van der Waals surface area contributed by atoms with Crippen molar-refractivity contribution in [2.75, 3.05) is 6.54 Å². The molecule has 6 atom stereocenters. The van der Waals surface area contributed by atoms with Crippen molar-refractivity contribution < 1.29 is 13.5 Å². The van der Waals surface area contributed by atoms with Crippen LogP contribution in [-0.2, 0) is 10.0 Å². The number of benzene rings is 2. The Labute approximate surface area is 221 Å². The number of nitrogens with one attached hydrogen (secondary N) is 1. The van der Waals surface area contributed by atoms with Gasteiger partial charge in [0.05, 0.1) is 4.90 Å². The molecule has 37 heavy (non-hydrogen) atoms. The predicted molar refractivity (Wildman–Crippen MR) is 147 cm³/mol. The molecule has 7 heteroatoms. The lowest BCUT2D eigenvalue weighted by Gasteiger charge is -2.62. The highest BCUT2D eigenvalue weighted by Gasteiger charge is 2.56. The maximum atomic E-state index is 13.6. The van der Waals surface area contributed by atoms with Crippen LogP contribution in [0, 0.1) is 45.8 Å². The second kappa shape index (κ2) is 9.54. The molecule has 2 N–H and O–H groups in total. The van der Waals surface area contributed by atoms with Gasteiger partial charge in [-0.25, -0.2) is 13.1 Å². The van der Waals surface area contributed by atoms with Gasteiger partial charge in [-0.1, -0.05) is 46.2 Å². The third-order valence-electron chi connectivity index (χ3n) is 10.8. The molecule has 0 amide bonds. The van der Waals surface area contributed by atoms with Gasteiger partial charge in [0.15, 0.2) is 4.98 Å². The van der Waals surface area contributed by atoms with E-state index in [1.54, 1.807) is 24.3 Å². The highest BCUT2D eigenvalue weighted by Crippen LogP contribution is 2.64. The van der Waals surface area contributed by atoms with Crippen LogP contribution in [0.2, 0.25) is 0 Å². The third kappa shape index (κ3) is 4.44. The number of sulfonamides is 1. The van der Waals surface area contributed by atoms with Gasteiger partial charge in [0.25, 0.3) is 0 Å². The zero-order chi connectivity index (χ0) is 26.6. The average Bonchev–Trinajstić information content (AvgIpc) is 2.87. The summed E-state index contributed by atoms with van der Waals surface area (Å²) in [5, 5.41) is 20.3. The van der Waals surface area contributed by atoms with Gasteiger partial charge in [-0.2, -0.15) is 0 Å². The molecule has 0 bridgehead atoms. The molecule has 3 unspecified atom stereocenters. The molecule has 6 nitrogen and oxygen atoms in total. The number of diazo groups is 1. The Kier molecular flexibility index (Phi) is 6.82. The van der Waals surface area contributed by atoms with Crippen LogP contribution in [0.15, 0.2) is 35.2 Å². The highest BCUT2D eigenvalue weighted by atomic mass is 32.2. The molecule has 3 fully saturated rings. The number of hydrogen-bond acceptors (Lipinski definition) is 4. The van der Waals surface area contributed by atoms with Crippen molar-refractivity contribution in [1.29, 1.82) is 5.39 Å². The maximum Gasteiger partial charge on any atom is 0.426 e. The summed E-state index contributed by atoms with van der Waals surface area (Å²) in [7, 11) is -3.81. The molecule has 3 saturated carbocycles. The van der Waals surface area contributed by atoms with E-state index in [1.807, 2.05) is 0 Å². The molecule has 0 aromatic heterocycles. The number of phenols is 1. The molecule has 3 aliphatic rings. The minimum Gasteiger partial charge on any atom is -0.501 e. The first-order valence-corrected chi connectivity index (χ1v) is 15.6. The molecule has 200 valence electrons. The van der Waals surface area contributed by atoms with E-state index < -0.39 is 10.0 Å². The lowest BCUT2D eigenvalue weighted by atomic mass is 9.43. The average molecular weight is 525 g/mol. The summed E-state index contributed by atoms with van der Waals surface area (Å²) >= 11 is 0. The SMILES string of the molecule is CC(C)C1CC[C@@H]2C(CCC3[C@@](C)(CNS(=O)(=O)c4cccc5c(O)c([N+]#N)ccc45)CCC[C@@]32C)C1. The summed E-state index contributed by atoms with van der Waals surface area (Å²) in [5.74, 6) is 3.48. The molecule has 0 spiro atoms. The zero-order valence-electron chi connectivity index (χ0n) is 22.7. The Morgan fingerprint density at radius 1 is 1.08 bits per heavy atom. The minimum absolute atomic E-state index is 0.0158. The van der Waals surface area contributed by atoms with Crippen LogP contribution < -0.4 is 4.72 Å². The van der Waals surface area contributed by atoms with Crippen molar-refractivity contribution in [1.82, 2.24) is 4.72 Å². The van der Waals surface area contributed by atoms with Gasteiger partial charge in [0.1, 0.15) is 0 Å². The fourth-order valence-corrected chi connectivity index (χ4v) is 10.2. The number of aromatic hydroxyl groups is 1. The van der Waals surface area contributed by atoms with Gasteiger partial charge >= 0.3 is 5.69 Å². The van der Waals surface area contributed by atoms with Crippen molar-refractivity contribution >= 4 is 26.5 Å². The van der Waals surface area contributed by atoms with Crippen LogP contribution in [0.5, 0.6) is 5.75 Å². The van der Waals surface area contributed by atoms with Crippen LogP contribution in [0.25, 0.3) is 15.7 Å². The van der Waals surface area contributed by atoms with E-state index in [9.17, 15) is 13.5 Å². The molecule has 0 saturated heterocycles. The molecule has 3 aliphatic carbocycles. The minimum atomic E-state index is -3.81. The van der Waals surface area contributed by atoms with E-state index in [0.29, 0.717) is 23.2 Å². The molecule has 5 rings (SSSR count). The fourth-order valence-electron chi connectivity index (χ4n) is 8.78. The smallest absolute Gasteiger partial charge is 0.426 e.